The van der Waals surface area contributed by atoms with Crippen molar-refractivity contribution in [2.75, 3.05) is 11.9 Å². The number of rotatable bonds is 5. The summed E-state index contributed by atoms with van der Waals surface area (Å²) in [7, 11) is 0. The molecular weight excluding hydrogens is 448 g/mol. The fourth-order valence-corrected chi connectivity index (χ4v) is 4.69. The van der Waals surface area contributed by atoms with Gasteiger partial charge in [-0.3, -0.25) is 4.79 Å². The van der Waals surface area contributed by atoms with E-state index in [1.165, 1.54) is 0 Å². The second-order valence-corrected chi connectivity index (χ2v) is 9.00. The molecule has 0 saturated heterocycles. The first-order chi connectivity index (χ1) is 17.4. The first-order valence-electron chi connectivity index (χ1n) is 11.8. The number of carbonyl (C=O) groups is 2. The number of nitrogens with zero attached hydrogens (tertiary/aromatic N) is 1. The molecule has 1 amide bonds. The SMILES string of the molecule is Cc1cc(C)c(NC(=O)COC(=O)c2cc(-c3cccc4ccccc34)nc3ccccc23)c(C)c1. The van der Waals surface area contributed by atoms with Crippen LogP contribution < -0.4 is 5.32 Å². The largest absolute Gasteiger partial charge is 0.452 e. The number of ether oxygens (including phenoxy) is 1. The van der Waals surface area contributed by atoms with Gasteiger partial charge in [-0.2, -0.15) is 0 Å². The summed E-state index contributed by atoms with van der Waals surface area (Å²) in [5.41, 5.74) is 6.46. The van der Waals surface area contributed by atoms with Crippen LogP contribution in [-0.2, 0) is 9.53 Å². The van der Waals surface area contributed by atoms with Crippen molar-refractivity contribution in [1.82, 2.24) is 4.98 Å². The Bertz CT molecular complexity index is 1610. The highest BCUT2D eigenvalue weighted by molar-refractivity contribution is 6.07. The van der Waals surface area contributed by atoms with Crippen molar-refractivity contribution in [3.63, 3.8) is 0 Å². The van der Waals surface area contributed by atoms with Crippen molar-refractivity contribution in [3.8, 4) is 11.3 Å². The number of aryl methyl sites for hydroxylation is 3. The molecule has 5 rings (SSSR count). The molecule has 4 aromatic carbocycles. The van der Waals surface area contributed by atoms with E-state index in [0.29, 0.717) is 22.2 Å². The molecule has 0 atom stereocenters. The van der Waals surface area contributed by atoms with Gasteiger partial charge in [0.25, 0.3) is 5.91 Å². The van der Waals surface area contributed by atoms with Crippen LogP contribution in [0.25, 0.3) is 32.9 Å². The highest BCUT2D eigenvalue weighted by Gasteiger charge is 2.18. The molecule has 0 aliphatic carbocycles. The number of hydrogen-bond acceptors (Lipinski definition) is 4. The van der Waals surface area contributed by atoms with Crippen LogP contribution in [-0.4, -0.2) is 23.5 Å². The van der Waals surface area contributed by atoms with E-state index in [1.807, 2.05) is 99.6 Å². The fourth-order valence-electron chi connectivity index (χ4n) is 4.69. The zero-order chi connectivity index (χ0) is 25.2. The van der Waals surface area contributed by atoms with Gasteiger partial charge in [-0.15, -0.1) is 0 Å². The van der Waals surface area contributed by atoms with Crippen LogP contribution in [0.5, 0.6) is 0 Å². The third-order valence-electron chi connectivity index (χ3n) is 6.28. The average molecular weight is 475 g/mol. The Morgan fingerprint density at radius 3 is 2.25 bits per heavy atom. The van der Waals surface area contributed by atoms with Crippen molar-refractivity contribution in [2.45, 2.75) is 20.8 Å². The number of amides is 1. The minimum absolute atomic E-state index is 0.374. The number of esters is 1. The molecule has 178 valence electrons. The van der Waals surface area contributed by atoms with Crippen LogP contribution in [0.4, 0.5) is 5.69 Å². The van der Waals surface area contributed by atoms with Crippen molar-refractivity contribution < 1.29 is 14.3 Å². The molecule has 1 aromatic heterocycles. The third kappa shape index (κ3) is 4.56. The molecule has 36 heavy (non-hydrogen) atoms. The number of pyridine rings is 1. The Balaban J connectivity index is 1.44. The number of anilines is 1. The second kappa shape index (κ2) is 9.62. The zero-order valence-corrected chi connectivity index (χ0v) is 20.5. The Morgan fingerprint density at radius 2 is 1.47 bits per heavy atom. The third-order valence-corrected chi connectivity index (χ3v) is 6.28. The summed E-state index contributed by atoms with van der Waals surface area (Å²) >= 11 is 0. The summed E-state index contributed by atoms with van der Waals surface area (Å²) in [6, 6.07) is 27.3. The molecule has 5 nitrogen and oxygen atoms in total. The lowest BCUT2D eigenvalue weighted by atomic mass is 9.99. The maximum Gasteiger partial charge on any atom is 0.339 e. The summed E-state index contributed by atoms with van der Waals surface area (Å²) in [4.78, 5) is 30.7. The Morgan fingerprint density at radius 1 is 0.806 bits per heavy atom. The Labute approximate surface area is 209 Å². The molecule has 0 fully saturated rings. The summed E-state index contributed by atoms with van der Waals surface area (Å²) < 4.78 is 5.47. The van der Waals surface area contributed by atoms with E-state index in [-0.39, 0.29) is 12.5 Å². The lowest BCUT2D eigenvalue weighted by molar-refractivity contribution is -0.119. The smallest absolute Gasteiger partial charge is 0.339 e. The molecule has 1 N–H and O–H groups in total. The number of carbonyl (C=O) groups excluding carboxylic acids is 2. The average Bonchev–Trinajstić information content (AvgIpc) is 2.88. The van der Waals surface area contributed by atoms with Crippen LogP contribution >= 0.6 is 0 Å². The molecule has 1 heterocycles. The summed E-state index contributed by atoms with van der Waals surface area (Å²) in [5, 5.41) is 5.69. The molecule has 5 heteroatoms. The minimum Gasteiger partial charge on any atom is -0.452 e. The summed E-state index contributed by atoms with van der Waals surface area (Å²) in [6.07, 6.45) is 0. The maximum atomic E-state index is 13.2. The van der Waals surface area contributed by atoms with Gasteiger partial charge in [0.2, 0.25) is 0 Å². The van der Waals surface area contributed by atoms with E-state index in [4.69, 9.17) is 9.72 Å². The monoisotopic (exact) mass is 474 g/mol. The van der Waals surface area contributed by atoms with Gasteiger partial charge < -0.3 is 10.1 Å². The van der Waals surface area contributed by atoms with E-state index in [2.05, 4.69) is 5.32 Å². The predicted molar refractivity (Wildman–Crippen MR) is 144 cm³/mol. The van der Waals surface area contributed by atoms with Crippen LogP contribution in [0, 0.1) is 20.8 Å². The quantitative estimate of drug-likeness (QED) is 0.285. The van der Waals surface area contributed by atoms with Crippen molar-refractivity contribution in [2.24, 2.45) is 0 Å². The number of aromatic nitrogens is 1. The van der Waals surface area contributed by atoms with Crippen molar-refractivity contribution >= 4 is 39.2 Å². The molecule has 0 aliphatic rings. The fraction of sp³-hybridized carbons (Fsp3) is 0.129. The van der Waals surface area contributed by atoms with Gasteiger partial charge in [-0.1, -0.05) is 78.4 Å². The Hall–Kier alpha value is -4.51. The molecule has 0 aliphatic heterocycles. The first-order valence-corrected chi connectivity index (χ1v) is 11.8. The molecule has 0 unspecified atom stereocenters. The summed E-state index contributed by atoms with van der Waals surface area (Å²) in [6.45, 7) is 5.52. The standard InChI is InChI=1S/C31H26N2O3/c1-19-15-20(2)30(21(3)16-19)33-29(34)18-36-31(35)26-17-28(32-27-14-7-6-12-25(26)27)24-13-8-10-22-9-4-5-11-23(22)24/h4-17H,18H2,1-3H3,(H,33,34). The number of hydrogen-bond donors (Lipinski definition) is 1. The highest BCUT2D eigenvalue weighted by Crippen LogP contribution is 2.31. The molecule has 5 aromatic rings. The predicted octanol–water partition coefficient (Wildman–Crippen LogP) is 6.78. The number of fused-ring (bicyclic) bond motifs is 2. The van der Waals surface area contributed by atoms with Crippen LogP contribution in [0.1, 0.15) is 27.0 Å². The number of nitrogens with one attached hydrogen (secondary N) is 1. The van der Waals surface area contributed by atoms with E-state index in [9.17, 15) is 9.59 Å². The van der Waals surface area contributed by atoms with Crippen molar-refractivity contribution in [3.05, 3.63) is 107 Å². The van der Waals surface area contributed by atoms with Crippen molar-refractivity contribution in [1.29, 1.82) is 0 Å². The van der Waals surface area contributed by atoms with Gasteiger partial charge in [0.1, 0.15) is 0 Å². The highest BCUT2D eigenvalue weighted by atomic mass is 16.5. The minimum atomic E-state index is -0.567. The molecule has 0 saturated carbocycles. The second-order valence-electron chi connectivity index (χ2n) is 9.00. The van der Waals surface area contributed by atoms with Crippen LogP contribution in [0.3, 0.4) is 0 Å². The number of para-hydroxylation sites is 1. The van der Waals surface area contributed by atoms with Gasteiger partial charge in [-0.05, 0) is 54.8 Å². The topological polar surface area (TPSA) is 68.3 Å². The van der Waals surface area contributed by atoms with E-state index in [0.717, 1.165) is 38.7 Å². The van der Waals surface area contributed by atoms with Gasteiger partial charge in [0, 0.05) is 16.6 Å². The van der Waals surface area contributed by atoms with Gasteiger partial charge >= 0.3 is 5.97 Å². The summed E-state index contributed by atoms with van der Waals surface area (Å²) in [5.74, 6) is -0.950. The van der Waals surface area contributed by atoms with Gasteiger partial charge in [0.15, 0.2) is 6.61 Å². The molecule has 0 radical (unpaired) electrons. The Kier molecular flexibility index (Phi) is 6.21. The van der Waals surface area contributed by atoms with Crippen LogP contribution in [0.2, 0.25) is 0 Å². The first kappa shape index (κ1) is 23.2. The molecular formula is C31H26N2O3. The van der Waals surface area contributed by atoms with Crippen LogP contribution in [0.15, 0.2) is 84.9 Å². The lowest BCUT2D eigenvalue weighted by Gasteiger charge is -2.14. The van der Waals surface area contributed by atoms with E-state index < -0.39 is 5.97 Å². The molecule has 0 bridgehead atoms. The zero-order valence-electron chi connectivity index (χ0n) is 20.5. The van der Waals surface area contributed by atoms with E-state index >= 15 is 0 Å². The van der Waals surface area contributed by atoms with E-state index in [1.54, 1.807) is 6.07 Å². The number of benzene rings is 4. The maximum absolute atomic E-state index is 13.2. The molecule has 0 spiro atoms. The lowest BCUT2D eigenvalue weighted by Crippen LogP contribution is -2.22. The van der Waals surface area contributed by atoms with Gasteiger partial charge in [0.05, 0.1) is 16.8 Å². The van der Waals surface area contributed by atoms with Gasteiger partial charge in [-0.25, -0.2) is 9.78 Å². The normalized spacial score (nSPS) is 11.0.